The van der Waals surface area contributed by atoms with Gasteiger partial charge in [-0.15, -0.1) is 11.3 Å². The zero-order chi connectivity index (χ0) is 20.4. The van der Waals surface area contributed by atoms with Gasteiger partial charge in [0.2, 0.25) is 0 Å². The normalized spacial score (nSPS) is 10.9. The number of carbonyl (C=O) groups is 1. The molecule has 0 aliphatic heterocycles. The number of ether oxygens (including phenoxy) is 1. The smallest absolute Gasteiger partial charge is 0.262 e. The topological polar surface area (TPSA) is 51.2 Å². The molecule has 4 nitrogen and oxygen atoms in total. The molecule has 146 valence electrons. The van der Waals surface area contributed by atoms with Crippen LogP contribution in [0.5, 0.6) is 5.75 Å². The number of hydrogen-bond donors (Lipinski definition) is 1. The van der Waals surface area contributed by atoms with Crippen LogP contribution in [0.25, 0.3) is 20.8 Å². The molecule has 29 heavy (non-hydrogen) atoms. The second-order valence-electron chi connectivity index (χ2n) is 6.84. The average molecular weight is 514 g/mol. The third-order valence-electron chi connectivity index (χ3n) is 4.35. The lowest BCUT2D eigenvalue weighted by Crippen LogP contribution is -2.20. The van der Waals surface area contributed by atoms with Gasteiger partial charge in [-0.25, -0.2) is 4.98 Å². The van der Waals surface area contributed by atoms with Gasteiger partial charge in [0.25, 0.3) is 5.91 Å². The van der Waals surface area contributed by atoms with Gasteiger partial charge in [0.1, 0.15) is 10.8 Å². The maximum Gasteiger partial charge on any atom is 0.262 e. The minimum absolute atomic E-state index is 0.0475. The number of hydrogen-bond acceptors (Lipinski definition) is 4. The first kappa shape index (κ1) is 19.8. The minimum atomic E-state index is -0.201. The summed E-state index contributed by atoms with van der Waals surface area (Å²) in [6, 6.07) is 19.9. The third kappa shape index (κ3) is 4.76. The predicted molar refractivity (Wildman–Crippen MR) is 128 cm³/mol. The van der Waals surface area contributed by atoms with E-state index in [4.69, 9.17) is 9.72 Å². The van der Waals surface area contributed by atoms with Gasteiger partial charge in [-0.05, 0) is 90.0 Å². The predicted octanol–water partition coefficient (Wildman–Crippen LogP) is 6.20. The van der Waals surface area contributed by atoms with Gasteiger partial charge in [-0.3, -0.25) is 4.79 Å². The van der Waals surface area contributed by atoms with E-state index in [9.17, 15) is 4.79 Å². The summed E-state index contributed by atoms with van der Waals surface area (Å²) in [6.45, 7) is 3.97. The summed E-state index contributed by atoms with van der Waals surface area (Å²) < 4.78 is 7.90. The first-order valence-electron chi connectivity index (χ1n) is 9.14. The summed E-state index contributed by atoms with van der Waals surface area (Å²) in [5.74, 6) is 0.499. The Kier molecular flexibility index (Phi) is 5.82. The van der Waals surface area contributed by atoms with E-state index in [2.05, 4.69) is 40.0 Å². The number of aryl methyl sites for hydroxylation is 2. The number of fused-ring (bicyclic) bond motifs is 1. The number of rotatable bonds is 5. The van der Waals surface area contributed by atoms with Crippen LogP contribution < -0.4 is 10.1 Å². The molecule has 4 rings (SSSR count). The van der Waals surface area contributed by atoms with E-state index >= 15 is 0 Å². The highest BCUT2D eigenvalue weighted by atomic mass is 127. The molecular weight excluding hydrogens is 495 g/mol. The van der Waals surface area contributed by atoms with Crippen LogP contribution in [-0.4, -0.2) is 17.5 Å². The molecule has 0 saturated carbocycles. The fraction of sp³-hybridized carbons (Fsp3) is 0.130. The first-order chi connectivity index (χ1) is 14.0. The third-order valence-corrected chi connectivity index (χ3v) is 6.09. The van der Waals surface area contributed by atoms with Crippen molar-refractivity contribution in [2.75, 3.05) is 11.9 Å². The van der Waals surface area contributed by atoms with E-state index in [1.54, 1.807) is 11.3 Å². The van der Waals surface area contributed by atoms with E-state index < -0.39 is 0 Å². The number of benzene rings is 3. The van der Waals surface area contributed by atoms with Gasteiger partial charge in [0.05, 0.1) is 15.9 Å². The lowest BCUT2D eigenvalue weighted by atomic mass is 10.1. The van der Waals surface area contributed by atoms with Gasteiger partial charge in [0, 0.05) is 9.13 Å². The highest BCUT2D eigenvalue weighted by Gasteiger charge is 2.14. The van der Waals surface area contributed by atoms with Crippen molar-refractivity contribution in [3.05, 3.63) is 75.4 Å². The minimum Gasteiger partial charge on any atom is -0.484 e. The lowest BCUT2D eigenvalue weighted by molar-refractivity contribution is -0.118. The summed E-state index contributed by atoms with van der Waals surface area (Å²) in [6.07, 6.45) is 0. The number of carbonyl (C=O) groups excluding carboxylic acids is 1. The molecule has 0 atom stereocenters. The molecule has 0 bridgehead atoms. The molecule has 0 unspecified atom stereocenters. The van der Waals surface area contributed by atoms with Gasteiger partial charge < -0.3 is 10.1 Å². The molecule has 1 N–H and O–H groups in total. The molecule has 4 aromatic rings. The number of anilines is 1. The molecule has 0 radical (unpaired) electrons. The molecule has 0 spiro atoms. The van der Waals surface area contributed by atoms with Crippen LogP contribution in [0.15, 0.2) is 60.7 Å². The van der Waals surface area contributed by atoms with Crippen molar-refractivity contribution in [3.8, 4) is 16.3 Å². The Morgan fingerprint density at radius 3 is 2.59 bits per heavy atom. The zero-order valence-electron chi connectivity index (χ0n) is 16.0. The average Bonchev–Trinajstić information content (AvgIpc) is 3.11. The zero-order valence-corrected chi connectivity index (χ0v) is 19.0. The van der Waals surface area contributed by atoms with Gasteiger partial charge in [-0.1, -0.05) is 18.2 Å². The Morgan fingerprint density at radius 1 is 1.07 bits per heavy atom. The fourth-order valence-electron chi connectivity index (χ4n) is 3.14. The van der Waals surface area contributed by atoms with Crippen LogP contribution in [0.1, 0.15) is 11.1 Å². The molecule has 0 saturated heterocycles. The number of thiazole rings is 1. The first-order valence-corrected chi connectivity index (χ1v) is 11.0. The summed E-state index contributed by atoms with van der Waals surface area (Å²) in [5.41, 5.74) is 4.82. The molecule has 1 heterocycles. The van der Waals surface area contributed by atoms with Gasteiger partial charge in [-0.2, -0.15) is 0 Å². The molecular formula is C23H19IN2O2S. The second kappa shape index (κ2) is 8.51. The van der Waals surface area contributed by atoms with Crippen LogP contribution in [0.3, 0.4) is 0 Å². The van der Waals surface area contributed by atoms with Crippen molar-refractivity contribution < 1.29 is 9.53 Å². The van der Waals surface area contributed by atoms with Crippen LogP contribution >= 0.6 is 33.9 Å². The van der Waals surface area contributed by atoms with Crippen molar-refractivity contribution in [1.82, 2.24) is 4.98 Å². The quantitative estimate of drug-likeness (QED) is 0.323. The van der Waals surface area contributed by atoms with E-state index in [-0.39, 0.29) is 12.5 Å². The number of nitrogens with zero attached hydrogens (tertiary/aromatic N) is 1. The Labute approximate surface area is 187 Å². The molecule has 0 aliphatic rings. The summed E-state index contributed by atoms with van der Waals surface area (Å²) in [7, 11) is 0. The summed E-state index contributed by atoms with van der Waals surface area (Å²) in [5, 5.41) is 3.86. The lowest BCUT2D eigenvalue weighted by Gasteiger charge is -2.12. The van der Waals surface area contributed by atoms with E-state index in [1.165, 1.54) is 0 Å². The fourth-order valence-corrected chi connectivity index (χ4v) is 4.63. The van der Waals surface area contributed by atoms with Crippen molar-refractivity contribution in [3.63, 3.8) is 0 Å². The van der Waals surface area contributed by atoms with Crippen LogP contribution in [0, 0.1) is 17.4 Å². The summed E-state index contributed by atoms with van der Waals surface area (Å²) in [4.78, 5) is 17.3. The Balaban J connectivity index is 1.54. The number of para-hydroxylation sites is 1. The van der Waals surface area contributed by atoms with Gasteiger partial charge in [0.15, 0.2) is 6.61 Å². The SMILES string of the molecule is Cc1cc(C)cc(OCC(=O)Nc2ccc(I)cc2-c2nc3ccccc3s2)c1. The Morgan fingerprint density at radius 2 is 1.83 bits per heavy atom. The van der Waals surface area contributed by atoms with Crippen molar-refractivity contribution in [1.29, 1.82) is 0 Å². The number of aromatic nitrogens is 1. The molecule has 0 fully saturated rings. The molecule has 1 aromatic heterocycles. The number of halogens is 1. The summed E-state index contributed by atoms with van der Waals surface area (Å²) >= 11 is 3.89. The highest BCUT2D eigenvalue weighted by Crippen LogP contribution is 2.35. The van der Waals surface area contributed by atoms with E-state index in [0.29, 0.717) is 5.75 Å². The van der Waals surface area contributed by atoms with Gasteiger partial charge >= 0.3 is 0 Å². The second-order valence-corrected chi connectivity index (χ2v) is 9.11. The van der Waals surface area contributed by atoms with Crippen LogP contribution in [-0.2, 0) is 4.79 Å². The molecule has 1 amide bonds. The number of nitrogens with one attached hydrogen (secondary N) is 1. The molecule has 0 aliphatic carbocycles. The molecule has 6 heteroatoms. The maximum atomic E-state index is 12.5. The van der Waals surface area contributed by atoms with Crippen LogP contribution in [0.2, 0.25) is 0 Å². The van der Waals surface area contributed by atoms with Crippen molar-refractivity contribution >= 4 is 55.7 Å². The highest BCUT2D eigenvalue weighted by molar-refractivity contribution is 14.1. The standard InChI is InChI=1S/C23H19IN2O2S/c1-14-9-15(2)11-17(10-14)28-13-22(27)25-19-8-7-16(24)12-18(19)23-26-20-5-3-4-6-21(20)29-23/h3-12H,13H2,1-2H3,(H,25,27). The van der Waals surface area contributed by atoms with E-state index in [1.807, 2.05) is 62.4 Å². The monoisotopic (exact) mass is 514 g/mol. The largest absolute Gasteiger partial charge is 0.484 e. The molecule has 3 aromatic carbocycles. The van der Waals surface area contributed by atoms with Crippen molar-refractivity contribution in [2.24, 2.45) is 0 Å². The van der Waals surface area contributed by atoms with Crippen molar-refractivity contribution in [2.45, 2.75) is 13.8 Å². The Hall–Kier alpha value is -2.45. The van der Waals surface area contributed by atoms with Crippen LogP contribution in [0.4, 0.5) is 5.69 Å². The Bertz CT molecular complexity index is 1150. The maximum absolute atomic E-state index is 12.5. The van der Waals surface area contributed by atoms with E-state index in [0.717, 1.165) is 41.2 Å². The number of amides is 1.